The van der Waals surface area contributed by atoms with Crippen molar-refractivity contribution in [3.8, 4) is 0 Å². The molecule has 0 atom stereocenters. The van der Waals surface area contributed by atoms with E-state index in [1.807, 2.05) is 0 Å². The van der Waals surface area contributed by atoms with Crippen LogP contribution in [0.25, 0.3) is 0 Å². The van der Waals surface area contributed by atoms with Crippen LogP contribution in [0.4, 0.5) is 0 Å². The number of halogens is 1. The normalized spacial score (nSPS) is 17.6. The summed E-state index contributed by atoms with van der Waals surface area (Å²) in [6.45, 7) is 1.83. The van der Waals surface area contributed by atoms with Crippen molar-refractivity contribution < 1.29 is 18.0 Å². The summed E-state index contributed by atoms with van der Waals surface area (Å²) < 4.78 is 27.8. The Bertz CT molecular complexity index is 808. The number of sulfonamides is 1. The van der Waals surface area contributed by atoms with Crippen LogP contribution in [0.15, 0.2) is 27.6 Å². The van der Waals surface area contributed by atoms with Gasteiger partial charge in [-0.3, -0.25) is 9.59 Å². The molecule has 1 aromatic rings. The highest BCUT2D eigenvalue weighted by Gasteiger charge is 2.28. The topological polar surface area (TPSA) is 95.6 Å². The van der Waals surface area contributed by atoms with E-state index in [1.165, 1.54) is 12.1 Å². The summed E-state index contributed by atoms with van der Waals surface area (Å²) in [4.78, 5) is 25.8. The van der Waals surface area contributed by atoms with Gasteiger partial charge in [-0.1, -0.05) is 0 Å². The highest BCUT2D eigenvalue weighted by molar-refractivity contribution is 9.10. The zero-order valence-electron chi connectivity index (χ0n) is 14.3. The van der Waals surface area contributed by atoms with Crippen LogP contribution in [0.5, 0.6) is 0 Å². The molecule has 0 spiro atoms. The molecule has 9 heteroatoms. The average molecular weight is 444 g/mol. The second-order valence-corrected chi connectivity index (χ2v) is 9.20. The smallest absolute Gasteiger partial charge is 0.252 e. The molecule has 1 saturated carbocycles. The van der Waals surface area contributed by atoms with Gasteiger partial charge in [0.05, 0.1) is 10.5 Å². The molecule has 0 bridgehead atoms. The fourth-order valence-corrected chi connectivity index (χ4v) is 4.60. The number of nitrogens with zero attached hydrogens (tertiary/aromatic N) is 1. The third kappa shape index (κ3) is 4.83. The first-order chi connectivity index (χ1) is 12.4. The molecule has 3 rings (SSSR count). The summed E-state index contributed by atoms with van der Waals surface area (Å²) in [7, 11) is -3.61. The Labute approximate surface area is 161 Å². The van der Waals surface area contributed by atoms with Crippen molar-refractivity contribution in [1.29, 1.82) is 0 Å². The number of carbonyl (C=O) groups excluding carboxylic acids is 2. The Balaban J connectivity index is 1.57. The summed E-state index contributed by atoms with van der Waals surface area (Å²) in [5.74, 6) is -0.173. The van der Waals surface area contributed by atoms with Gasteiger partial charge in [0, 0.05) is 36.6 Å². The van der Waals surface area contributed by atoms with Gasteiger partial charge in [0.1, 0.15) is 0 Å². The molecule has 0 unspecified atom stereocenters. The van der Waals surface area contributed by atoms with Gasteiger partial charge in [-0.25, -0.2) is 13.1 Å². The molecule has 7 nitrogen and oxygen atoms in total. The standard InChI is InChI=1S/C17H22BrN3O4S/c18-15-7-6-13(26(24,25)20-12-4-5-12)11-14(15)17(23)19-8-2-10-21-9-1-3-16(21)22/h6-7,11-12,20H,1-5,8-10H2,(H,19,23). The van der Waals surface area contributed by atoms with E-state index >= 15 is 0 Å². The van der Waals surface area contributed by atoms with E-state index in [0.29, 0.717) is 30.4 Å². The minimum atomic E-state index is -3.61. The van der Waals surface area contributed by atoms with Crippen molar-refractivity contribution in [3.05, 3.63) is 28.2 Å². The number of benzene rings is 1. The van der Waals surface area contributed by atoms with Crippen LogP contribution in [0, 0.1) is 0 Å². The number of likely N-dealkylation sites (tertiary alicyclic amines) is 1. The Morgan fingerprint density at radius 1 is 1.31 bits per heavy atom. The van der Waals surface area contributed by atoms with Crippen molar-refractivity contribution in [1.82, 2.24) is 14.9 Å². The van der Waals surface area contributed by atoms with E-state index in [2.05, 4.69) is 26.0 Å². The summed E-state index contributed by atoms with van der Waals surface area (Å²) in [5.41, 5.74) is 0.279. The largest absolute Gasteiger partial charge is 0.352 e. The van der Waals surface area contributed by atoms with Crippen LogP contribution in [0.2, 0.25) is 0 Å². The van der Waals surface area contributed by atoms with E-state index in [1.54, 1.807) is 11.0 Å². The molecule has 142 valence electrons. The molecule has 26 heavy (non-hydrogen) atoms. The van der Waals surface area contributed by atoms with Gasteiger partial charge >= 0.3 is 0 Å². The Hall–Kier alpha value is -1.45. The first-order valence-electron chi connectivity index (χ1n) is 8.75. The van der Waals surface area contributed by atoms with Gasteiger partial charge < -0.3 is 10.2 Å². The summed E-state index contributed by atoms with van der Waals surface area (Å²) in [6, 6.07) is 4.44. The van der Waals surface area contributed by atoms with Gasteiger partial charge in [0.25, 0.3) is 5.91 Å². The zero-order valence-corrected chi connectivity index (χ0v) is 16.7. The quantitative estimate of drug-likeness (QED) is 0.596. The third-order valence-corrected chi connectivity index (χ3v) is 6.66. The van der Waals surface area contributed by atoms with Crippen LogP contribution < -0.4 is 10.0 Å². The van der Waals surface area contributed by atoms with E-state index in [4.69, 9.17) is 0 Å². The monoisotopic (exact) mass is 443 g/mol. The number of amides is 2. The van der Waals surface area contributed by atoms with Crippen molar-refractivity contribution >= 4 is 37.8 Å². The molecule has 1 aromatic carbocycles. The lowest BCUT2D eigenvalue weighted by Crippen LogP contribution is -2.31. The van der Waals surface area contributed by atoms with E-state index < -0.39 is 10.0 Å². The molecule has 1 aliphatic carbocycles. The maximum atomic E-state index is 12.4. The SMILES string of the molecule is O=C(NCCCN1CCCC1=O)c1cc(S(=O)(=O)NC2CC2)ccc1Br. The van der Waals surface area contributed by atoms with Crippen LogP contribution >= 0.6 is 15.9 Å². The predicted octanol–water partition coefficient (Wildman–Crippen LogP) is 1.63. The van der Waals surface area contributed by atoms with Crippen LogP contribution in [0.1, 0.15) is 42.5 Å². The van der Waals surface area contributed by atoms with Gasteiger partial charge in [0.2, 0.25) is 15.9 Å². The lowest BCUT2D eigenvalue weighted by molar-refractivity contribution is -0.127. The molecule has 1 aliphatic heterocycles. The average Bonchev–Trinajstić information content (AvgIpc) is 3.30. The molecule has 1 saturated heterocycles. The van der Waals surface area contributed by atoms with Crippen LogP contribution in [0.3, 0.4) is 0 Å². The molecule has 0 radical (unpaired) electrons. The molecular formula is C17H22BrN3O4S. The van der Waals surface area contributed by atoms with E-state index in [0.717, 1.165) is 25.8 Å². The van der Waals surface area contributed by atoms with Crippen LogP contribution in [-0.4, -0.2) is 50.8 Å². The minimum absolute atomic E-state index is 0.00854. The second-order valence-electron chi connectivity index (χ2n) is 6.63. The summed E-state index contributed by atoms with van der Waals surface area (Å²) in [5, 5.41) is 2.79. The zero-order chi connectivity index (χ0) is 18.7. The maximum absolute atomic E-state index is 12.4. The van der Waals surface area contributed by atoms with Gasteiger partial charge in [0.15, 0.2) is 0 Å². The predicted molar refractivity (Wildman–Crippen MR) is 100 cm³/mol. The second kappa shape index (κ2) is 8.06. The van der Waals surface area contributed by atoms with E-state index in [9.17, 15) is 18.0 Å². The fraction of sp³-hybridized carbons (Fsp3) is 0.529. The van der Waals surface area contributed by atoms with Crippen molar-refractivity contribution in [2.24, 2.45) is 0 Å². The van der Waals surface area contributed by atoms with Gasteiger partial charge in [-0.2, -0.15) is 0 Å². The Morgan fingerprint density at radius 2 is 2.08 bits per heavy atom. The number of nitrogens with one attached hydrogen (secondary N) is 2. The minimum Gasteiger partial charge on any atom is -0.352 e. The van der Waals surface area contributed by atoms with Crippen molar-refractivity contribution in [2.45, 2.75) is 43.0 Å². The third-order valence-electron chi connectivity index (χ3n) is 4.45. The highest BCUT2D eigenvalue weighted by atomic mass is 79.9. The molecule has 2 N–H and O–H groups in total. The first-order valence-corrected chi connectivity index (χ1v) is 11.0. The molecule has 2 aliphatic rings. The van der Waals surface area contributed by atoms with Crippen molar-refractivity contribution in [2.75, 3.05) is 19.6 Å². The highest BCUT2D eigenvalue weighted by Crippen LogP contribution is 2.25. The number of hydrogen-bond donors (Lipinski definition) is 2. The maximum Gasteiger partial charge on any atom is 0.252 e. The number of rotatable bonds is 8. The molecule has 0 aromatic heterocycles. The summed E-state index contributed by atoms with van der Waals surface area (Å²) in [6.07, 6.45) is 3.87. The molecule has 2 fully saturated rings. The lowest BCUT2D eigenvalue weighted by atomic mass is 10.2. The number of carbonyl (C=O) groups is 2. The van der Waals surface area contributed by atoms with E-state index in [-0.39, 0.29) is 28.3 Å². The lowest BCUT2D eigenvalue weighted by Gasteiger charge is -2.15. The molecule has 1 heterocycles. The van der Waals surface area contributed by atoms with Crippen molar-refractivity contribution in [3.63, 3.8) is 0 Å². The number of hydrogen-bond acceptors (Lipinski definition) is 4. The Kier molecular flexibility index (Phi) is 5.99. The Morgan fingerprint density at radius 3 is 2.73 bits per heavy atom. The summed E-state index contributed by atoms with van der Waals surface area (Å²) >= 11 is 3.30. The van der Waals surface area contributed by atoms with Gasteiger partial charge in [-0.05, 0) is 59.8 Å². The fourth-order valence-electron chi connectivity index (χ4n) is 2.84. The van der Waals surface area contributed by atoms with Crippen LogP contribution in [-0.2, 0) is 14.8 Å². The molecular weight excluding hydrogens is 422 g/mol. The molecule has 2 amide bonds. The van der Waals surface area contributed by atoms with Gasteiger partial charge in [-0.15, -0.1) is 0 Å². The first kappa shape index (κ1) is 19.3.